The summed E-state index contributed by atoms with van der Waals surface area (Å²) < 4.78 is 0. The number of hydrogen-bond acceptors (Lipinski definition) is 4. The van der Waals surface area contributed by atoms with Crippen molar-refractivity contribution in [1.29, 1.82) is 0 Å². The van der Waals surface area contributed by atoms with E-state index < -0.39 is 0 Å². The molecule has 6 nitrogen and oxygen atoms in total. The third kappa shape index (κ3) is 4.26. The van der Waals surface area contributed by atoms with Gasteiger partial charge >= 0.3 is 0 Å². The standard InChI is InChI=1S/C23H27N5O/c1-24-23(26-13-11-19-7-4-6-18-8-5-12-25-22(18)19)28-16-14-27(15-17-28)20-9-2-3-10-21(20)29/h2-10,12,29H,11,13-17H2,1H3,(H,24,26). The van der Waals surface area contributed by atoms with Crippen LogP contribution in [-0.2, 0) is 6.42 Å². The zero-order chi connectivity index (χ0) is 20.1. The third-order valence-electron chi connectivity index (χ3n) is 5.41. The molecular formula is C23H27N5O. The number of para-hydroxylation sites is 3. The van der Waals surface area contributed by atoms with Crippen molar-refractivity contribution < 1.29 is 5.11 Å². The molecule has 1 saturated heterocycles. The van der Waals surface area contributed by atoms with Crippen LogP contribution in [0.5, 0.6) is 5.75 Å². The van der Waals surface area contributed by atoms with E-state index in [1.54, 1.807) is 6.07 Å². The van der Waals surface area contributed by atoms with E-state index in [4.69, 9.17) is 0 Å². The Labute approximate surface area is 171 Å². The predicted molar refractivity (Wildman–Crippen MR) is 119 cm³/mol. The van der Waals surface area contributed by atoms with Crippen LogP contribution >= 0.6 is 0 Å². The maximum absolute atomic E-state index is 10.1. The number of nitrogens with one attached hydrogen (secondary N) is 1. The average Bonchev–Trinajstić information content (AvgIpc) is 2.77. The molecule has 2 N–H and O–H groups in total. The van der Waals surface area contributed by atoms with Gasteiger partial charge in [0.25, 0.3) is 0 Å². The number of anilines is 1. The van der Waals surface area contributed by atoms with Gasteiger partial charge in [-0.25, -0.2) is 0 Å². The van der Waals surface area contributed by atoms with Crippen molar-refractivity contribution in [1.82, 2.24) is 15.2 Å². The molecular weight excluding hydrogens is 362 g/mol. The molecule has 4 rings (SSSR count). The van der Waals surface area contributed by atoms with Gasteiger partial charge < -0.3 is 20.2 Å². The summed E-state index contributed by atoms with van der Waals surface area (Å²) in [6.45, 7) is 4.24. The molecule has 0 unspecified atom stereocenters. The van der Waals surface area contributed by atoms with Crippen LogP contribution in [0.3, 0.4) is 0 Å². The van der Waals surface area contributed by atoms with Crippen molar-refractivity contribution >= 4 is 22.5 Å². The third-order valence-corrected chi connectivity index (χ3v) is 5.41. The fourth-order valence-corrected chi connectivity index (χ4v) is 3.90. The Hall–Kier alpha value is -3.28. The smallest absolute Gasteiger partial charge is 0.193 e. The number of aromatic hydroxyl groups is 1. The summed E-state index contributed by atoms with van der Waals surface area (Å²) in [5.41, 5.74) is 3.22. The summed E-state index contributed by atoms with van der Waals surface area (Å²) in [6.07, 6.45) is 2.74. The number of nitrogens with zero attached hydrogens (tertiary/aromatic N) is 4. The first kappa shape index (κ1) is 19.1. The van der Waals surface area contributed by atoms with Crippen LogP contribution in [-0.4, -0.2) is 60.7 Å². The molecule has 6 heteroatoms. The fourth-order valence-electron chi connectivity index (χ4n) is 3.90. The highest BCUT2D eigenvalue weighted by atomic mass is 16.3. The first-order valence-electron chi connectivity index (χ1n) is 10.1. The lowest BCUT2D eigenvalue weighted by atomic mass is 10.1. The maximum atomic E-state index is 10.1. The van der Waals surface area contributed by atoms with Gasteiger partial charge in [-0.15, -0.1) is 0 Å². The highest BCUT2D eigenvalue weighted by molar-refractivity contribution is 5.82. The van der Waals surface area contributed by atoms with E-state index >= 15 is 0 Å². The first-order chi connectivity index (χ1) is 14.3. The molecule has 0 saturated carbocycles. The second-order valence-corrected chi connectivity index (χ2v) is 7.18. The van der Waals surface area contributed by atoms with Gasteiger partial charge in [0.05, 0.1) is 11.2 Å². The van der Waals surface area contributed by atoms with Crippen LogP contribution in [0.2, 0.25) is 0 Å². The fraction of sp³-hybridized carbons (Fsp3) is 0.304. The molecule has 1 fully saturated rings. The van der Waals surface area contributed by atoms with E-state index in [0.29, 0.717) is 5.75 Å². The van der Waals surface area contributed by atoms with Gasteiger partial charge in [0, 0.05) is 51.4 Å². The number of pyridine rings is 1. The highest BCUT2D eigenvalue weighted by Gasteiger charge is 2.21. The van der Waals surface area contributed by atoms with Crippen molar-refractivity contribution in [3.8, 4) is 5.75 Å². The van der Waals surface area contributed by atoms with Gasteiger partial charge in [0.1, 0.15) is 5.75 Å². The van der Waals surface area contributed by atoms with E-state index in [0.717, 1.165) is 56.3 Å². The summed E-state index contributed by atoms with van der Waals surface area (Å²) in [4.78, 5) is 13.5. The van der Waals surface area contributed by atoms with Crippen LogP contribution in [0, 0.1) is 0 Å². The molecule has 0 bridgehead atoms. The molecule has 0 aliphatic carbocycles. The zero-order valence-corrected chi connectivity index (χ0v) is 16.8. The molecule has 0 spiro atoms. The molecule has 150 valence electrons. The SMILES string of the molecule is CN=C(NCCc1cccc2cccnc12)N1CCN(c2ccccc2O)CC1. The van der Waals surface area contributed by atoms with E-state index in [-0.39, 0.29) is 0 Å². The number of fused-ring (bicyclic) bond motifs is 1. The number of piperazine rings is 1. The quantitative estimate of drug-likeness (QED) is 0.531. The average molecular weight is 390 g/mol. The Kier molecular flexibility index (Phi) is 5.79. The van der Waals surface area contributed by atoms with Gasteiger partial charge in [-0.05, 0) is 30.2 Å². The lowest BCUT2D eigenvalue weighted by molar-refractivity contribution is 0.370. The van der Waals surface area contributed by atoms with Crippen LogP contribution in [0.1, 0.15) is 5.56 Å². The normalized spacial score (nSPS) is 15.0. The Balaban J connectivity index is 1.33. The number of aliphatic imine (C=N–C) groups is 1. The number of hydrogen-bond donors (Lipinski definition) is 2. The Morgan fingerprint density at radius 2 is 1.83 bits per heavy atom. The molecule has 1 aliphatic rings. The monoisotopic (exact) mass is 389 g/mol. The summed E-state index contributed by atoms with van der Waals surface area (Å²) in [6, 6.07) is 17.9. The largest absolute Gasteiger partial charge is 0.506 e. The van der Waals surface area contributed by atoms with Crippen LogP contribution in [0.15, 0.2) is 65.8 Å². The summed E-state index contributed by atoms with van der Waals surface area (Å²) in [5.74, 6) is 1.27. The molecule has 3 aromatic rings. The molecule has 2 heterocycles. The Morgan fingerprint density at radius 1 is 1.03 bits per heavy atom. The number of guanidine groups is 1. The van der Waals surface area contributed by atoms with Gasteiger partial charge in [0.2, 0.25) is 0 Å². The summed E-state index contributed by atoms with van der Waals surface area (Å²) >= 11 is 0. The van der Waals surface area contributed by atoms with Crippen molar-refractivity contribution in [2.45, 2.75) is 6.42 Å². The van der Waals surface area contributed by atoms with E-state index in [2.05, 4.69) is 49.4 Å². The highest BCUT2D eigenvalue weighted by Crippen LogP contribution is 2.27. The summed E-state index contributed by atoms with van der Waals surface area (Å²) in [5, 5.41) is 14.8. The zero-order valence-electron chi connectivity index (χ0n) is 16.8. The van der Waals surface area contributed by atoms with Crippen LogP contribution in [0.4, 0.5) is 5.69 Å². The maximum Gasteiger partial charge on any atom is 0.193 e. The topological polar surface area (TPSA) is 64.0 Å². The first-order valence-corrected chi connectivity index (χ1v) is 10.1. The number of rotatable bonds is 4. The number of aromatic nitrogens is 1. The molecule has 0 radical (unpaired) electrons. The summed E-state index contributed by atoms with van der Waals surface area (Å²) in [7, 11) is 1.83. The Bertz CT molecular complexity index is 990. The van der Waals surface area contributed by atoms with E-state index in [1.165, 1.54) is 10.9 Å². The van der Waals surface area contributed by atoms with Gasteiger partial charge in [-0.2, -0.15) is 0 Å². The molecule has 1 aromatic heterocycles. The molecule has 0 amide bonds. The van der Waals surface area contributed by atoms with Crippen molar-refractivity contribution in [2.24, 2.45) is 4.99 Å². The van der Waals surface area contributed by atoms with Crippen molar-refractivity contribution in [3.63, 3.8) is 0 Å². The van der Waals surface area contributed by atoms with Gasteiger partial charge in [-0.1, -0.05) is 36.4 Å². The number of benzene rings is 2. The van der Waals surface area contributed by atoms with Crippen LogP contribution < -0.4 is 10.2 Å². The van der Waals surface area contributed by atoms with Gasteiger partial charge in [-0.3, -0.25) is 9.98 Å². The minimum atomic E-state index is 0.340. The molecule has 29 heavy (non-hydrogen) atoms. The van der Waals surface area contributed by atoms with Crippen molar-refractivity contribution in [3.05, 3.63) is 66.4 Å². The predicted octanol–water partition coefficient (Wildman–Crippen LogP) is 2.88. The second kappa shape index (κ2) is 8.82. The van der Waals surface area contributed by atoms with Crippen molar-refractivity contribution in [2.75, 3.05) is 44.7 Å². The minimum Gasteiger partial charge on any atom is -0.506 e. The lowest BCUT2D eigenvalue weighted by Gasteiger charge is -2.37. The van der Waals surface area contributed by atoms with E-state index in [9.17, 15) is 5.11 Å². The number of phenols is 1. The second-order valence-electron chi connectivity index (χ2n) is 7.18. The number of phenolic OH excluding ortho intramolecular Hbond substituents is 1. The minimum absolute atomic E-state index is 0.340. The van der Waals surface area contributed by atoms with E-state index in [1.807, 2.05) is 37.5 Å². The molecule has 2 aromatic carbocycles. The molecule has 0 atom stereocenters. The van der Waals surface area contributed by atoms with Crippen LogP contribution in [0.25, 0.3) is 10.9 Å². The molecule has 1 aliphatic heterocycles. The van der Waals surface area contributed by atoms with Gasteiger partial charge in [0.15, 0.2) is 5.96 Å². The lowest BCUT2D eigenvalue weighted by Crippen LogP contribution is -2.52. The Morgan fingerprint density at radius 3 is 2.62 bits per heavy atom.